The number of cyclic esters (lactones) is 1. The molecule has 0 N–H and O–H groups in total. The van der Waals surface area contributed by atoms with Gasteiger partial charge in [-0.25, -0.2) is 0 Å². The number of ether oxygens (including phenoxy) is 2. The predicted octanol–water partition coefficient (Wildman–Crippen LogP) is 2.04. The van der Waals surface area contributed by atoms with Gasteiger partial charge in [-0.15, -0.1) is 0 Å². The fraction of sp³-hybridized carbons (Fsp3) is 0.909. The van der Waals surface area contributed by atoms with E-state index in [0.29, 0.717) is 12.5 Å². The van der Waals surface area contributed by atoms with Gasteiger partial charge in [0.1, 0.15) is 6.10 Å². The van der Waals surface area contributed by atoms with Crippen LogP contribution < -0.4 is 0 Å². The van der Waals surface area contributed by atoms with Gasteiger partial charge in [0.25, 0.3) is 0 Å². The number of hydrogen-bond acceptors (Lipinski definition) is 3. The van der Waals surface area contributed by atoms with Crippen LogP contribution in [0.5, 0.6) is 0 Å². The van der Waals surface area contributed by atoms with Crippen molar-refractivity contribution in [1.82, 2.24) is 0 Å². The van der Waals surface area contributed by atoms with Crippen LogP contribution in [-0.4, -0.2) is 24.8 Å². The van der Waals surface area contributed by atoms with Gasteiger partial charge in [0.15, 0.2) is 0 Å². The summed E-state index contributed by atoms with van der Waals surface area (Å²) in [6.07, 6.45) is 7.70. The van der Waals surface area contributed by atoms with E-state index in [9.17, 15) is 4.79 Å². The van der Waals surface area contributed by atoms with Gasteiger partial charge in [0, 0.05) is 19.4 Å². The molecule has 2 rings (SSSR count). The first-order chi connectivity index (χ1) is 6.84. The van der Waals surface area contributed by atoms with Crippen LogP contribution in [0.3, 0.4) is 0 Å². The second-order valence-electron chi connectivity index (χ2n) is 4.23. The molecule has 0 aromatic rings. The van der Waals surface area contributed by atoms with Crippen LogP contribution in [0.1, 0.15) is 44.9 Å². The first-order valence-electron chi connectivity index (χ1n) is 5.65. The highest BCUT2D eigenvalue weighted by molar-refractivity contribution is 5.71. The molecule has 3 nitrogen and oxygen atoms in total. The first-order valence-corrected chi connectivity index (χ1v) is 5.65. The number of hydrogen-bond donors (Lipinski definition) is 0. The molecular weight excluding hydrogens is 180 g/mol. The summed E-state index contributed by atoms with van der Waals surface area (Å²) in [5, 5.41) is 0. The molecule has 0 aromatic heterocycles. The topological polar surface area (TPSA) is 35.5 Å². The Bertz CT molecular complexity index is 195. The van der Waals surface area contributed by atoms with Crippen molar-refractivity contribution >= 4 is 5.97 Å². The Balaban J connectivity index is 1.75. The highest BCUT2D eigenvalue weighted by atomic mass is 16.6. The van der Waals surface area contributed by atoms with E-state index in [1.807, 2.05) is 0 Å². The first kappa shape index (κ1) is 9.97. The number of carbonyl (C=O) groups excluding carboxylic acids is 1. The zero-order chi connectivity index (χ0) is 9.80. The van der Waals surface area contributed by atoms with Gasteiger partial charge < -0.3 is 9.47 Å². The zero-order valence-corrected chi connectivity index (χ0v) is 8.54. The lowest BCUT2D eigenvalue weighted by Gasteiger charge is -2.18. The van der Waals surface area contributed by atoms with Gasteiger partial charge in [-0.05, 0) is 19.3 Å². The average molecular weight is 198 g/mol. The second kappa shape index (κ2) is 4.78. The molecule has 2 unspecified atom stereocenters. The Morgan fingerprint density at radius 3 is 2.86 bits per heavy atom. The van der Waals surface area contributed by atoms with Crippen molar-refractivity contribution in [1.29, 1.82) is 0 Å². The van der Waals surface area contributed by atoms with Crippen LogP contribution in [0.2, 0.25) is 0 Å². The minimum absolute atomic E-state index is 0.0383. The van der Waals surface area contributed by atoms with E-state index in [1.54, 1.807) is 0 Å². The number of esters is 1. The zero-order valence-electron chi connectivity index (χ0n) is 8.54. The largest absolute Gasteiger partial charge is 0.462 e. The fourth-order valence-corrected chi connectivity index (χ4v) is 2.21. The van der Waals surface area contributed by atoms with E-state index in [0.717, 1.165) is 25.9 Å². The smallest absolute Gasteiger partial charge is 0.306 e. The molecule has 3 heteroatoms. The Morgan fingerprint density at radius 1 is 1.14 bits per heavy atom. The fourth-order valence-electron chi connectivity index (χ4n) is 2.21. The van der Waals surface area contributed by atoms with E-state index in [4.69, 9.17) is 9.47 Å². The molecule has 14 heavy (non-hydrogen) atoms. The molecule has 2 heterocycles. The minimum atomic E-state index is -0.0383. The van der Waals surface area contributed by atoms with Crippen molar-refractivity contribution in [3.05, 3.63) is 0 Å². The molecule has 0 bridgehead atoms. The molecule has 0 saturated carbocycles. The van der Waals surface area contributed by atoms with Crippen LogP contribution >= 0.6 is 0 Å². The lowest BCUT2D eigenvalue weighted by atomic mass is 10.0. The van der Waals surface area contributed by atoms with Crippen molar-refractivity contribution in [2.24, 2.45) is 0 Å². The van der Waals surface area contributed by atoms with Gasteiger partial charge in [-0.3, -0.25) is 4.79 Å². The maximum Gasteiger partial charge on any atom is 0.306 e. The molecule has 2 fully saturated rings. The molecule has 2 aliphatic heterocycles. The standard InChI is InChI=1S/C11H18O3/c12-11-6-5-10(14-11)8-9-4-2-1-3-7-13-9/h9-10H,1-8H2. The third-order valence-corrected chi connectivity index (χ3v) is 3.02. The van der Waals surface area contributed by atoms with Crippen molar-refractivity contribution in [2.75, 3.05) is 6.61 Å². The predicted molar refractivity (Wildman–Crippen MR) is 51.9 cm³/mol. The van der Waals surface area contributed by atoms with E-state index in [2.05, 4.69) is 0 Å². The summed E-state index contributed by atoms with van der Waals surface area (Å²) in [4.78, 5) is 10.9. The SMILES string of the molecule is O=C1CCC(CC2CCCCCO2)O1. The summed E-state index contributed by atoms with van der Waals surface area (Å²) in [6, 6.07) is 0. The van der Waals surface area contributed by atoms with E-state index < -0.39 is 0 Å². The summed E-state index contributed by atoms with van der Waals surface area (Å²) >= 11 is 0. The van der Waals surface area contributed by atoms with Gasteiger partial charge in [-0.2, -0.15) is 0 Å². The second-order valence-corrected chi connectivity index (χ2v) is 4.23. The van der Waals surface area contributed by atoms with Gasteiger partial charge in [0.2, 0.25) is 0 Å². The van der Waals surface area contributed by atoms with Crippen LogP contribution in [0.25, 0.3) is 0 Å². The molecule has 0 radical (unpaired) electrons. The van der Waals surface area contributed by atoms with Crippen molar-refractivity contribution < 1.29 is 14.3 Å². The Labute approximate surface area is 84.8 Å². The lowest BCUT2D eigenvalue weighted by molar-refractivity contribution is -0.142. The highest BCUT2D eigenvalue weighted by Crippen LogP contribution is 2.23. The quantitative estimate of drug-likeness (QED) is 0.637. The third-order valence-electron chi connectivity index (χ3n) is 3.02. The van der Waals surface area contributed by atoms with Crippen molar-refractivity contribution in [2.45, 2.75) is 57.2 Å². The molecule has 2 aliphatic rings. The lowest BCUT2D eigenvalue weighted by Crippen LogP contribution is -2.20. The normalized spacial score (nSPS) is 33.9. The van der Waals surface area contributed by atoms with E-state index in [-0.39, 0.29) is 12.1 Å². The Hall–Kier alpha value is -0.570. The number of rotatable bonds is 2. The molecular formula is C11H18O3. The molecule has 0 amide bonds. The number of carbonyl (C=O) groups is 1. The maximum absolute atomic E-state index is 10.9. The molecule has 0 spiro atoms. The third kappa shape index (κ3) is 2.71. The van der Waals surface area contributed by atoms with Crippen LogP contribution in [0.15, 0.2) is 0 Å². The Kier molecular flexibility index (Phi) is 3.40. The summed E-state index contributed by atoms with van der Waals surface area (Å²) in [5.41, 5.74) is 0. The van der Waals surface area contributed by atoms with Crippen LogP contribution in [0, 0.1) is 0 Å². The van der Waals surface area contributed by atoms with E-state index in [1.165, 1.54) is 19.3 Å². The molecule has 2 saturated heterocycles. The van der Waals surface area contributed by atoms with Gasteiger partial charge in [-0.1, -0.05) is 12.8 Å². The van der Waals surface area contributed by atoms with Crippen LogP contribution in [0.4, 0.5) is 0 Å². The summed E-state index contributed by atoms with van der Waals surface area (Å²) < 4.78 is 10.9. The molecule has 2 atom stereocenters. The van der Waals surface area contributed by atoms with Gasteiger partial charge >= 0.3 is 5.97 Å². The van der Waals surface area contributed by atoms with E-state index >= 15 is 0 Å². The maximum atomic E-state index is 10.9. The van der Waals surface area contributed by atoms with Crippen molar-refractivity contribution in [3.63, 3.8) is 0 Å². The van der Waals surface area contributed by atoms with Gasteiger partial charge in [0.05, 0.1) is 6.10 Å². The average Bonchev–Trinajstić information content (AvgIpc) is 2.43. The summed E-state index contributed by atoms with van der Waals surface area (Å²) in [7, 11) is 0. The summed E-state index contributed by atoms with van der Waals surface area (Å²) in [5.74, 6) is -0.0383. The molecule has 0 aliphatic carbocycles. The highest BCUT2D eigenvalue weighted by Gasteiger charge is 2.26. The summed E-state index contributed by atoms with van der Waals surface area (Å²) in [6.45, 7) is 0.880. The Morgan fingerprint density at radius 2 is 2.07 bits per heavy atom. The molecule has 80 valence electrons. The monoisotopic (exact) mass is 198 g/mol. The van der Waals surface area contributed by atoms with Crippen LogP contribution in [-0.2, 0) is 14.3 Å². The van der Waals surface area contributed by atoms with Crippen molar-refractivity contribution in [3.8, 4) is 0 Å². The minimum Gasteiger partial charge on any atom is -0.462 e. The molecule has 0 aromatic carbocycles.